The summed E-state index contributed by atoms with van der Waals surface area (Å²) >= 11 is 5.65. The molecule has 1 heterocycles. The van der Waals surface area contributed by atoms with Gasteiger partial charge in [-0.25, -0.2) is 4.98 Å². The highest BCUT2D eigenvalue weighted by Crippen LogP contribution is 2.14. The Labute approximate surface area is 87.5 Å². The molecule has 76 valence electrons. The number of rotatable bonds is 3. The van der Waals surface area contributed by atoms with Crippen molar-refractivity contribution in [3.8, 4) is 0 Å². The van der Waals surface area contributed by atoms with Crippen molar-refractivity contribution in [2.45, 2.75) is 13.3 Å². The maximum absolute atomic E-state index is 11.5. The average molecular weight is 214 g/mol. The van der Waals surface area contributed by atoms with Crippen molar-refractivity contribution in [3.63, 3.8) is 0 Å². The van der Waals surface area contributed by atoms with Crippen LogP contribution in [0, 0.1) is 0 Å². The van der Waals surface area contributed by atoms with Crippen molar-refractivity contribution in [1.29, 1.82) is 0 Å². The van der Waals surface area contributed by atoms with E-state index in [0.29, 0.717) is 17.8 Å². The zero-order chi connectivity index (χ0) is 10.6. The minimum Gasteiger partial charge on any atom is -0.397 e. The van der Waals surface area contributed by atoms with Crippen LogP contribution in [0.4, 0.5) is 5.69 Å². The molecule has 14 heavy (non-hydrogen) atoms. The largest absolute Gasteiger partial charge is 0.397 e. The van der Waals surface area contributed by atoms with Gasteiger partial charge in [0.25, 0.3) is 5.91 Å². The number of carbonyl (C=O) groups excluding carboxylic acids is 1. The Morgan fingerprint density at radius 1 is 1.71 bits per heavy atom. The maximum Gasteiger partial charge on any atom is 0.253 e. The summed E-state index contributed by atoms with van der Waals surface area (Å²) in [6, 6.07) is 1.46. The number of carbonyl (C=O) groups is 1. The van der Waals surface area contributed by atoms with Crippen molar-refractivity contribution in [1.82, 2.24) is 10.3 Å². The molecule has 0 aliphatic heterocycles. The van der Waals surface area contributed by atoms with Crippen LogP contribution in [-0.2, 0) is 0 Å². The van der Waals surface area contributed by atoms with Crippen LogP contribution in [0.5, 0.6) is 0 Å². The second-order valence-electron chi connectivity index (χ2n) is 2.85. The summed E-state index contributed by atoms with van der Waals surface area (Å²) in [5.41, 5.74) is 6.29. The molecule has 1 aromatic rings. The Morgan fingerprint density at radius 2 is 2.43 bits per heavy atom. The van der Waals surface area contributed by atoms with E-state index in [-0.39, 0.29) is 11.1 Å². The van der Waals surface area contributed by atoms with Gasteiger partial charge in [-0.3, -0.25) is 4.79 Å². The van der Waals surface area contributed by atoms with E-state index in [0.717, 1.165) is 6.42 Å². The van der Waals surface area contributed by atoms with Gasteiger partial charge in [0.1, 0.15) is 5.15 Å². The molecule has 5 heteroatoms. The quantitative estimate of drug-likeness (QED) is 0.747. The molecule has 1 amide bonds. The van der Waals surface area contributed by atoms with Gasteiger partial charge in [0.05, 0.1) is 17.4 Å². The number of nitrogen functional groups attached to an aromatic ring is 1. The van der Waals surface area contributed by atoms with Gasteiger partial charge in [0, 0.05) is 6.54 Å². The van der Waals surface area contributed by atoms with Gasteiger partial charge in [0.2, 0.25) is 0 Å². The van der Waals surface area contributed by atoms with E-state index in [1.165, 1.54) is 12.3 Å². The number of hydrogen-bond donors (Lipinski definition) is 2. The molecule has 0 radical (unpaired) electrons. The van der Waals surface area contributed by atoms with Crippen molar-refractivity contribution in [3.05, 3.63) is 23.0 Å². The van der Waals surface area contributed by atoms with Crippen LogP contribution in [-0.4, -0.2) is 17.4 Å². The standard InChI is InChI=1S/C9H12ClN3O/c1-2-3-12-9(14)6-4-8(10)13-5-7(6)11/h4-5H,2-3,11H2,1H3,(H,12,14). The van der Waals surface area contributed by atoms with E-state index in [2.05, 4.69) is 10.3 Å². The first-order chi connectivity index (χ1) is 6.65. The number of pyridine rings is 1. The fraction of sp³-hybridized carbons (Fsp3) is 0.333. The van der Waals surface area contributed by atoms with Gasteiger partial charge in [-0.05, 0) is 12.5 Å². The van der Waals surface area contributed by atoms with E-state index >= 15 is 0 Å². The van der Waals surface area contributed by atoms with E-state index in [1.807, 2.05) is 6.92 Å². The third kappa shape index (κ3) is 2.60. The lowest BCUT2D eigenvalue weighted by atomic mass is 10.2. The molecular weight excluding hydrogens is 202 g/mol. The zero-order valence-electron chi connectivity index (χ0n) is 7.88. The third-order valence-electron chi connectivity index (χ3n) is 1.68. The normalized spacial score (nSPS) is 9.86. The molecule has 0 aliphatic carbocycles. The minimum atomic E-state index is -0.214. The van der Waals surface area contributed by atoms with Gasteiger partial charge in [-0.15, -0.1) is 0 Å². The number of nitrogens with two attached hydrogens (primary N) is 1. The van der Waals surface area contributed by atoms with Crippen LogP contribution < -0.4 is 11.1 Å². The van der Waals surface area contributed by atoms with E-state index in [9.17, 15) is 4.79 Å². The monoisotopic (exact) mass is 213 g/mol. The molecule has 1 rings (SSSR count). The molecule has 0 aliphatic rings. The van der Waals surface area contributed by atoms with Gasteiger partial charge in [-0.2, -0.15) is 0 Å². The molecular formula is C9H12ClN3O. The van der Waals surface area contributed by atoms with Crippen LogP contribution in [0.3, 0.4) is 0 Å². The topological polar surface area (TPSA) is 68.0 Å². The second kappa shape index (κ2) is 4.81. The van der Waals surface area contributed by atoms with Crippen molar-refractivity contribution < 1.29 is 4.79 Å². The summed E-state index contributed by atoms with van der Waals surface area (Å²) in [5, 5.41) is 2.98. The predicted molar refractivity (Wildman–Crippen MR) is 56.3 cm³/mol. The van der Waals surface area contributed by atoms with Gasteiger partial charge in [-0.1, -0.05) is 18.5 Å². The lowest BCUT2D eigenvalue weighted by Crippen LogP contribution is -2.25. The lowest BCUT2D eigenvalue weighted by Gasteiger charge is -2.05. The van der Waals surface area contributed by atoms with E-state index in [4.69, 9.17) is 17.3 Å². The number of nitrogens with one attached hydrogen (secondary N) is 1. The number of amides is 1. The van der Waals surface area contributed by atoms with Crippen LogP contribution in [0.25, 0.3) is 0 Å². The third-order valence-corrected chi connectivity index (χ3v) is 1.89. The number of nitrogens with zero attached hydrogens (tertiary/aromatic N) is 1. The average Bonchev–Trinajstić information content (AvgIpc) is 2.18. The number of halogens is 1. The first-order valence-electron chi connectivity index (χ1n) is 4.34. The second-order valence-corrected chi connectivity index (χ2v) is 3.24. The van der Waals surface area contributed by atoms with Crippen molar-refractivity contribution in [2.75, 3.05) is 12.3 Å². The predicted octanol–water partition coefficient (Wildman–Crippen LogP) is 1.46. The molecule has 0 aromatic carbocycles. The Balaban J connectivity index is 2.83. The molecule has 0 fully saturated rings. The molecule has 3 N–H and O–H groups in total. The number of hydrogen-bond acceptors (Lipinski definition) is 3. The van der Waals surface area contributed by atoms with E-state index < -0.39 is 0 Å². The first kappa shape index (κ1) is 10.8. The maximum atomic E-state index is 11.5. The summed E-state index contributed by atoms with van der Waals surface area (Å²) in [6.45, 7) is 2.60. The zero-order valence-corrected chi connectivity index (χ0v) is 8.64. The molecule has 0 saturated heterocycles. The molecule has 0 saturated carbocycles. The minimum absolute atomic E-state index is 0.214. The SMILES string of the molecule is CCCNC(=O)c1cc(Cl)ncc1N. The molecule has 1 aromatic heterocycles. The fourth-order valence-corrected chi connectivity index (χ4v) is 1.13. The Morgan fingerprint density at radius 3 is 3.07 bits per heavy atom. The van der Waals surface area contributed by atoms with Crippen molar-refractivity contribution >= 4 is 23.2 Å². The van der Waals surface area contributed by atoms with Crippen LogP contribution in [0.2, 0.25) is 5.15 Å². The van der Waals surface area contributed by atoms with Gasteiger partial charge >= 0.3 is 0 Å². The molecule has 0 atom stereocenters. The number of aromatic nitrogens is 1. The Bertz CT molecular complexity index is 341. The summed E-state index contributed by atoms with van der Waals surface area (Å²) in [6.07, 6.45) is 2.26. The molecule has 0 spiro atoms. The highest BCUT2D eigenvalue weighted by Gasteiger charge is 2.09. The first-order valence-corrected chi connectivity index (χ1v) is 4.72. The summed E-state index contributed by atoms with van der Waals surface area (Å²) in [7, 11) is 0. The lowest BCUT2D eigenvalue weighted by molar-refractivity contribution is 0.0954. The Hall–Kier alpha value is -1.29. The fourth-order valence-electron chi connectivity index (χ4n) is 0.971. The van der Waals surface area contributed by atoms with Crippen LogP contribution >= 0.6 is 11.6 Å². The molecule has 0 unspecified atom stereocenters. The van der Waals surface area contributed by atoms with Crippen LogP contribution in [0.15, 0.2) is 12.3 Å². The molecule has 0 bridgehead atoms. The van der Waals surface area contributed by atoms with Gasteiger partial charge in [0.15, 0.2) is 0 Å². The van der Waals surface area contributed by atoms with Gasteiger partial charge < -0.3 is 11.1 Å². The summed E-state index contributed by atoms with van der Waals surface area (Å²) in [4.78, 5) is 15.3. The summed E-state index contributed by atoms with van der Waals surface area (Å²) < 4.78 is 0. The van der Waals surface area contributed by atoms with Crippen molar-refractivity contribution in [2.24, 2.45) is 0 Å². The number of anilines is 1. The summed E-state index contributed by atoms with van der Waals surface area (Å²) in [5.74, 6) is -0.214. The highest BCUT2D eigenvalue weighted by molar-refractivity contribution is 6.29. The Kier molecular flexibility index (Phi) is 3.71. The highest BCUT2D eigenvalue weighted by atomic mass is 35.5. The smallest absolute Gasteiger partial charge is 0.253 e. The van der Waals surface area contributed by atoms with Crippen LogP contribution in [0.1, 0.15) is 23.7 Å². The molecule has 4 nitrogen and oxygen atoms in total. The van der Waals surface area contributed by atoms with E-state index in [1.54, 1.807) is 0 Å².